The second kappa shape index (κ2) is 5.56. The molecule has 5 heteroatoms. The molecule has 14 heavy (non-hydrogen) atoms. The van der Waals surface area contributed by atoms with Crippen LogP contribution in [-0.4, -0.2) is 40.1 Å². The van der Waals surface area contributed by atoms with Gasteiger partial charge in [-0.1, -0.05) is 24.0 Å². The maximum atomic E-state index is 11.2. The van der Waals surface area contributed by atoms with Gasteiger partial charge in [0.25, 0.3) is 0 Å². The highest BCUT2D eigenvalue weighted by atomic mass is 32.2. The van der Waals surface area contributed by atoms with Crippen LogP contribution >= 0.6 is 24.0 Å². The molecule has 1 heterocycles. The van der Waals surface area contributed by atoms with Crippen molar-refractivity contribution in [1.29, 1.82) is 0 Å². The lowest BCUT2D eigenvalue weighted by Crippen LogP contribution is -2.29. The summed E-state index contributed by atoms with van der Waals surface area (Å²) in [6.45, 7) is 6.44. The molecule has 1 saturated heterocycles. The van der Waals surface area contributed by atoms with Gasteiger partial charge in [0.1, 0.15) is 9.57 Å². The van der Waals surface area contributed by atoms with Gasteiger partial charge in [0, 0.05) is 19.5 Å². The third kappa shape index (κ3) is 2.85. The second-order valence-electron chi connectivity index (χ2n) is 3.00. The summed E-state index contributed by atoms with van der Waals surface area (Å²) in [5, 5.41) is -0.0805. The van der Waals surface area contributed by atoms with E-state index in [9.17, 15) is 4.79 Å². The van der Waals surface area contributed by atoms with Gasteiger partial charge in [0.2, 0.25) is 0 Å². The van der Waals surface area contributed by atoms with E-state index in [1.165, 1.54) is 11.8 Å². The Morgan fingerprint density at radius 2 is 2.29 bits per heavy atom. The van der Waals surface area contributed by atoms with Gasteiger partial charge >= 0.3 is 5.97 Å². The third-order valence-corrected chi connectivity index (χ3v) is 3.87. The standard InChI is InChI=1S/C9H15NO2S2/c1-3-10(4-2)9(13)14-7-5-6-12-8(7)11/h7H,3-6H2,1-2H3/t7-/m0/s1. The minimum atomic E-state index is -0.121. The van der Waals surface area contributed by atoms with E-state index in [0.717, 1.165) is 23.8 Å². The smallest absolute Gasteiger partial charge is 0.319 e. The number of esters is 1. The molecule has 0 bridgehead atoms. The fraction of sp³-hybridized carbons (Fsp3) is 0.778. The highest BCUT2D eigenvalue weighted by molar-refractivity contribution is 8.23. The molecule has 0 aromatic carbocycles. The van der Waals surface area contributed by atoms with Crippen LogP contribution in [0.1, 0.15) is 20.3 Å². The molecule has 1 atom stereocenters. The van der Waals surface area contributed by atoms with E-state index in [4.69, 9.17) is 17.0 Å². The Kier molecular flexibility index (Phi) is 4.68. The van der Waals surface area contributed by atoms with Crippen LogP contribution < -0.4 is 0 Å². The summed E-state index contributed by atoms with van der Waals surface area (Å²) in [5.41, 5.74) is 0. The first-order chi connectivity index (χ1) is 6.69. The van der Waals surface area contributed by atoms with Crippen LogP contribution in [-0.2, 0) is 9.53 Å². The zero-order chi connectivity index (χ0) is 10.6. The molecule has 0 aromatic rings. The van der Waals surface area contributed by atoms with E-state index in [1.807, 2.05) is 0 Å². The normalized spacial score (nSPS) is 20.7. The van der Waals surface area contributed by atoms with E-state index < -0.39 is 0 Å². The summed E-state index contributed by atoms with van der Waals surface area (Å²) < 4.78 is 5.68. The van der Waals surface area contributed by atoms with Crippen LogP contribution in [0.15, 0.2) is 0 Å². The van der Waals surface area contributed by atoms with Gasteiger partial charge in [-0.15, -0.1) is 0 Å². The van der Waals surface area contributed by atoms with Crippen molar-refractivity contribution in [3.05, 3.63) is 0 Å². The monoisotopic (exact) mass is 233 g/mol. The number of hydrogen-bond acceptors (Lipinski definition) is 4. The fourth-order valence-corrected chi connectivity index (χ4v) is 2.90. The maximum absolute atomic E-state index is 11.2. The number of cyclic esters (lactones) is 1. The molecule has 0 unspecified atom stereocenters. The summed E-state index contributed by atoms with van der Waals surface area (Å²) in [5.74, 6) is -0.121. The minimum Gasteiger partial charge on any atom is -0.465 e. The lowest BCUT2D eigenvalue weighted by molar-refractivity contribution is -0.137. The molecule has 1 rings (SSSR count). The summed E-state index contributed by atoms with van der Waals surface area (Å²) in [7, 11) is 0. The summed E-state index contributed by atoms with van der Waals surface area (Å²) >= 11 is 6.70. The number of ether oxygens (including phenoxy) is 1. The number of carbonyl (C=O) groups is 1. The molecule has 0 amide bonds. The van der Waals surface area contributed by atoms with Gasteiger partial charge in [-0.05, 0) is 13.8 Å². The van der Waals surface area contributed by atoms with Crippen molar-refractivity contribution in [2.24, 2.45) is 0 Å². The Morgan fingerprint density at radius 1 is 1.64 bits per heavy atom. The molecule has 0 radical (unpaired) electrons. The van der Waals surface area contributed by atoms with Gasteiger partial charge < -0.3 is 9.64 Å². The molecule has 1 aliphatic rings. The molecular weight excluding hydrogens is 218 g/mol. The number of carbonyl (C=O) groups excluding carboxylic acids is 1. The SMILES string of the molecule is CCN(CC)C(=S)S[C@H]1CCOC1=O. The van der Waals surface area contributed by atoms with E-state index in [-0.39, 0.29) is 11.2 Å². The fourth-order valence-electron chi connectivity index (χ4n) is 1.26. The van der Waals surface area contributed by atoms with Crippen LogP contribution in [0, 0.1) is 0 Å². The van der Waals surface area contributed by atoms with Crippen molar-refractivity contribution in [2.45, 2.75) is 25.5 Å². The van der Waals surface area contributed by atoms with Gasteiger partial charge in [-0.25, -0.2) is 0 Å². The number of thiocarbonyl (C=S) groups is 1. The molecular formula is C9H15NO2S2. The number of hydrogen-bond donors (Lipinski definition) is 0. The van der Waals surface area contributed by atoms with Crippen molar-refractivity contribution in [1.82, 2.24) is 4.90 Å². The summed E-state index contributed by atoms with van der Waals surface area (Å²) in [6, 6.07) is 0. The van der Waals surface area contributed by atoms with Crippen molar-refractivity contribution in [3.8, 4) is 0 Å². The molecule has 3 nitrogen and oxygen atoms in total. The average molecular weight is 233 g/mol. The molecule has 0 spiro atoms. The van der Waals surface area contributed by atoms with Crippen LogP contribution in [0.5, 0.6) is 0 Å². The third-order valence-electron chi connectivity index (χ3n) is 2.15. The Morgan fingerprint density at radius 3 is 2.71 bits per heavy atom. The van der Waals surface area contributed by atoms with Crippen LogP contribution in [0.4, 0.5) is 0 Å². The Hall–Kier alpha value is -0.290. The summed E-state index contributed by atoms with van der Waals surface area (Å²) in [4.78, 5) is 13.3. The predicted octanol–water partition coefficient (Wildman–Crippen LogP) is 1.66. The first kappa shape index (κ1) is 11.8. The number of thioether (sulfide) groups is 1. The van der Waals surface area contributed by atoms with Gasteiger partial charge in [-0.2, -0.15) is 0 Å². The molecule has 80 valence electrons. The minimum absolute atomic E-state index is 0.0805. The van der Waals surface area contributed by atoms with Gasteiger partial charge in [0.15, 0.2) is 0 Å². The summed E-state index contributed by atoms with van der Waals surface area (Å²) in [6.07, 6.45) is 0.783. The number of rotatable bonds is 3. The Bertz CT molecular complexity index is 229. The highest BCUT2D eigenvalue weighted by Gasteiger charge is 2.29. The molecule has 0 aliphatic carbocycles. The van der Waals surface area contributed by atoms with Crippen LogP contribution in [0.3, 0.4) is 0 Å². The quantitative estimate of drug-likeness (QED) is 0.546. The van der Waals surface area contributed by atoms with E-state index >= 15 is 0 Å². The van der Waals surface area contributed by atoms with E-state index in [1.54, 1.807) is 0 Å². The first-order valence-electron chi connectivity index (χ1n) is 4.81. The topological polar surface area (TPSA) is 29.5 Å². The predicted molar refractivity (Wildman–Crippen MR) is 62.5 cm³/mol. The zero-order valence-corrected chi connectivity index (χ0v) is 10.1. The van der Waals surface area contributed by atoms with E-state index in [0.29, 0.717) is 6.61 Å². The van der Waals surface area contributed by atoms with Crippen molar-refractivity contribution >= 4 is 34.3 Å². The Labute approximate surface area is 94.2 Å². The van der Waals surface area contributed by atoms with Gasteiger partial charge in [0.05, 0.1) is 6.61 Å². The molecule has 0 saturated carbocycles. The maximum Gasteiger partial charge on any atom is 0.319 e. The molecule has 0 N–H and O–H groups in total. The molecule has 1 aliphatic heterocycles. The van der Waals surface area contributed by atoms with Crippen LogP contribution in [0.25, 0.3) is 0 Å². The average Bonchev–Trinajstić information content (AvgIpc) is 2.54. The second-order valence-corrected chi connectivity index (χ2v) is 4.84. The lowest BCUT2D eigenvalue weighted by Gasteiger charge is -2.21. The zero-order valence-electron chi connectivity index (χ0n) is 8.49. The highest BCUT2D eigenvalue weighted by Crippen LogP contribution is 2.24. The largest absolute Gasteiger partial charge is 0.465 e. The van der Waals surface area contributed by atoms with Gasteiger partial charge in [-0.3, -0.25) is 4.79 Å². The molecule has 0 aromatic heterocycles. The molecule has 1 fully saturated rings. The number of nitrogens with zero attached hydrogens (tertiary/aromatic N) is 1. The first-order valence-corrected chi connectivity index (χ1v) is 6.10. The van der Waals surface area contributed by atoms with Crippen molar-refractivity contribution in [2.75, 3.05) is 19.7 Å². The lowest BCUT2D eigenvalue weighted by atomic mass is 10.4. The Balaban J connectivity index is 2.43. The van der Waals surface area contributed by atoms with Crippen LogP contribution in [0.2, 0.25) is 0 Å². The van der Waals surface area contributed by atoms with E-state index in [2.05, 4.69) is 18.7 Å². The van der Waals surface area contributed by atoms with Crippen molar-refractivity contribution in [3.63, 3.8) is 0 Å². The van der Waals surface area contributed by atoms with Crippen molar-refractivity contribution < 1.29 is 9.53 Å².